The zero-order chi connectivity index (χ0) is 21.8. The normalized spacial score (nSPS) is 14.9. The van der Waals surface area contributed by atoms with E-state index < -0.39 is 5.91 Å². The number of carbonyl (C=O) groups is 1. The van der Waals surface area contributed by atoms with Gasteiger partial charge < -0.3 is 14.4 Å². The number of carbonyl (C=O) groups excluding carboxylic acids is 1. The van der Waals surface area contributed by atoms with Crippen LogP contribution in [0.5, 0.6) is 5.75 Å². The van der Waals surface area contributed by atoms with Crippen LogP contribution in [0.1, 0.15) is 20.8 Å². The second kappa shape index (κ2) is 9.74. The topological polar surface area (TPSA) is 64.4 Å². The predicted octanol–water partition coefficient (Wildman–Crippen LogP) is 2.88. The van der Waals surface area contributed by atoms with Crippen LogP contribution in [0, 0.1) is 5.82 Å². The first-order chi connectivity index (χ1) is 15.0. The van der Waals surface area contributed by atoms with Gasteiger partial charge in [0.1, 0.15) is 36.1 Å². The van der Waals surface area contributed by atoms with Crippen molar-refractivity contribution in [1.29, 1.82) is 0 Å². The Kier molecular flexibility index (Phi) is 6.82. The number of amides is 1. The van der Waals surface area contributed by atoms with E-state index in [1.165, 1.54) is 17.0 Å². The van der Waals surface area contributed by atoms with E-state index in [1.54, 1.807) is 19.4 Å². The molecule has 4 rings (SSSR count). The monoisotopic (exact) mass is 462 g/mol. The maximum atomic E-state index is 13.4. The van der Waals surface area contributed by atoms with Crippen LogP contribution in [-0.2, 0) is 11.3 Å². The minimum atomic E-state index is -0.436. The van der Waals surface area contributed by atoms with Crippen molar-refractivity contribution < 1.29 is 23.6 Å². The Labute approximate surface area is 188 Å². The molecule has 3 aromatic rings. The molecule has 1 fully saturated rings. The van der Waals surface area contributed by atoms with E-state index >= 15 is 0 Å². The number of benzene rings is 2. The smallest absolute Gasteiger partial charge is 0.283 e. The first-order valence-electron chi connectivity index (χ1n) is 9.84. The number of halogens is 2. The van der Waals surface area contributed by atoms with Crippen molar-refractivity contribution in [3.05, 3.63) is 63.2 Å². The lowest BCUT2D eigenvalue weighted by Crippen LogP contribution is -3.12. The highest BCUT2D eigenvalue weighted by atomic mass is 35.5. The van der Waals surface area contributed by atoms with Crippen LogP contribution >= 0.6 is 22.9 Å². The molecule has 1 aromatic heterocycles. The molecule has 162 valence electrons. The third kappa shape index (κ3) is 5.04. The highest BCUT2D eigenvalue weighted by Crippen LogP contribution is 2.35. The van der Waals surface area contributed by atoms with Crippen LogP contribution in [0.3, 0.4) is 0 Å². The van der Waals surface area contributed by atoms with Crippen LogP contribution in [-0.4, -0.2) is 45.5 Å². The summed E-state index contributed by atoms with van der Waals surface area (Å²) in [7, 11) is 1.65. The van der Waals surface area contributed by atoms with Crippen molar-refractivity contribution in [2.45, 2.75) is 6.54 Å². The minimum absolute atomic E-state index is 0.297. The second-order valence-corrected chi connectivity index (χ2v) is 8.63. The van der Waals surface area contributed by atoms with Gasteiger partial charge in [-0.1, -0.05) is 11.6 Å². The summed E-state index contributed by atoms with van der Waals surface area (Å²) in [5.74, 6) is 0.0171. The summed E-state index contributed by atoms with van der Waals surface area (Å²) in [6, 6.07) is 10.0. The molecular weight excluding hydrogens is 441 g/mol. The molecule has 1 amide bonds. The van der Waals surface area contributed by atoms with Crippen molar-refractivity contribution in [3.8, 4) is 5.75 Å². The van der Waals surface area contributed by atoms with Gasteiger partial charge in [-0.3, -0.25) is 4.79 Å². The molecule has 1 saturated heterocycles. The lowest BCUT2D eigenvalue weighted by molar-refractivity contribution is -0.921. The Bertz CT molecular complexity index is 1130. The summed E-state index contributed by atoms with van der Waals surface area (Å²) in [5, 5.41) is 5.02. The number of rotatable bonds is 6. The van der Waals surface area contributed by atoms with Gasteiger partial charge in [0.2, 0.25) is 0 Å². The average Bonchev–Trinajstić information content (AvgIpc) is 3.10. The summed E-state index contributed by atoms with van der Waals surface area (Å²) in [6.45, 7) is 4.26. The quantitative estimate of drug-likeness (QED) is 0.437. The molecule has 2 N–H and O–H groups in total. The maximum absolute atomic E-state index is 13.4. The summed E-state index contributed by atoms with van der Waals surface area (Å²) >= 11 is 7.43. The highest BCUT2D eigenvalue weighted by Gasteiger charge is 2.18. The molecule has 2 heterocycles. The molecular formula is C22H22ClFN3O3S+. The number of thiophene rings is 1. The van der Waals surface area contributed by atoms with E-state index in [2.05, 4.69) is 10.5 Å². The molecule has 1 aliphatic heterocycles. The molecule has 31 heavy (non-hydrogen) atoms. The molecule has 0 aliphatic carbocycles. The van der Waals surface area contributed by atoms with Crippen LogP contribution < -0.4 is 15.1 Å². The van der Waals surface area contributed by atoms with E-state index in [4.69, 9.17) is 21.1 Å². The number of nitrogens with zero attached hydrogens (tertiary/aromatic N) is 1. The fourth-order valence-electron chi connectivity index (χ4n) is 3.52. The fourth-order valence-corrected chi connectivity index (χ4v) is 4.96. The van der Waals surface area contributed by atoms with Gasteiger partial charge in [0.15, 0.2) is 0 Å². The molecule has 2 aromatic carbocycles. The maximum Gasteiger partial charge on any atom is 0.283 e. The Morgan fingerprint density at radius 1 is 1.32 bits per heavy atom. The van der Waals surface area contributed by atoms with Crippen LogP contribution in [0.2, 0.25) is 5.02 Å². The van der Waals surface area contributed by atoms with Gasteiger partial charge in [-0.05, 0) is 42.0 Å². The number of methoxy groups -OCH3 is 1. The number of hydrazone groups is 1. The van der Waals surface area contributed by atoms with Crippen molar-refractivity contribution in [2.24, 2.45) is 5.10 Å². The first kappa shape index (κ1) is 21.7. The third-order valence-corrected chi connectivity index (χ3v) is 6.78. The van der Waals surface area contributed by atoms with E-state index in [0.29, 0.717) is 20.0 Å². The van der Waals surface area contributed by atoms with E-state index in [9.17, 15) is 9.18 Å². The highest BCUT2D eigenvalue weighted by molar-refractivity contribution is 7.21. The summed E-state index contributed by atoms with van der Waals surface area (Å²) in [4.78, 5) is 14.2. The van der Waals surface area contributed by atoms with Gasteiger partial charge in [-0.25, -0.2) is 9.82 Å². The Morgan fingerprint density at radius 2 is 2.13 bits per heavy atom. The molecule has 9 heteroatoms. The van der Waals surface area contributed by atoms with E-state index in [1.807, 2.05) is 18.2 Å². The minimum Gasteiger partial charge on any atom is -0.496 e. The number of hydrogen-bond donors (Lipinski definition) is 2. The molecule has 0 bridgehead atoms. The van der Waals surface area contributed by atoms with Gasteiger partial charge >= 0.3 is 0 Å². The molecule has 0 unspecified atom stereocenters. The van der Waals surface area contributed by atoms with Gasteiger partial charge in [-0.2, -0.15) is 5.10 Å². The van der Waals surface area contributed by atoms with Crippen LogP contribution in [0.4, 0.5) is 4.39 Å². The third-order valence-electron chi connectivity index (χ3n) is 5.12. The fraction of sp³-hybridized carbons (Fsp3) is 0.273. The van der Waals surface area contributed by atoms with Gasteiger partial charge in [-0.15, -0.1) is 11.3 Å². The Hall–Kier alpha value is -2.52. The van der Waals surface area contributed by atoms with Crippen molar-refractivity contribution in [2.75, 3.05) is 33.4 Å². The molecule has 0 radical (unpaired) electrons. The summed E-state index contributed by atoms with van der Waals surface area (Å²) in [6.07, 6.45) is 1.58. The predicted molar refractivity (Wildman–Crippen MR) is 120 cm³/mol. The van der Waals surface area contributed by atoms with Crippen LogP contribution in [0.25, 0.3) is 10.1 Å². The zero-order valence-electron chi connectivity index (χ0n) is 16.9. The van der Waals surface area contributed by atoms with Crippen LogP contribution in [0.15, 0.2) is 41.5 Å². The SMILES string of the molecule is COc1ccc(C=NNC(=O)c2sc3cc(F)ccc3c2Cl)cc1C[NH+]1CCOCC1. The number of hydrogen-bond acceptors (Lipinski definition) is 5. The number of morpholine rings is 1. The van der Waals surface area contributed by atoms with Crippen molar-refractivity contribution in [1.82, 2.24) is 5.43 Å². The summed E-state index contributed by atoms with van der Waals surface area (Å²) in [5.41, 5.74) is 4.42. The molecule has 0 saturated carbocycles. The second-order valence-electron chi connectivity index (χ2n) is 7.20. The number of nitrogens with one attached hydrogen (secondary N) is 2. The molecule has 0 spiro atoms. The van der Waals surface area contributed by atoms with Crippen molar-refractivity contribution in [3.63, 3.8) is 0 Å². The molecule has 6 nitrogen and oxygen atoms in total. The van der Waals surface area contributed by atoms with Gasteiger partial charge in [0, 0.05) is 15.6 Å². The average molecular weight is 463 g/mol. The van der Waals surface area contributed by atoms with Gasteiger partial charge in [0.25, 0.3) is 5.91 Å². The number of ether oxygens (including phenoxy) is 2. The van der Waals surface area contributed by atoms with E-state index in [-0.39, 0.29) is 5.82 Å². The lowest BCUT2D eigenvalue weighted by atomic mass is 10.1. The summed E-state index contributed by atoms with van der Waals surface area (Å²) < 4.78 is 25.0. The zero-order valence-corrected chi connectivity index (χ0v) is 18.5. The lowest BCUT2D eigenvalue weighted by Gasteiger charge is -2.24. The van der Waals surface area contributed by atoms with Gasteiger partial charge in [0.05, 0.1) is 31.6 Å². The largest absolute Gasteiger partial charge is 0.496 e. The number of fused-ring (bicyclic) bond motifs is 1. The Balaban J connectivity index is 1.46. The van der Waals surface area contributed by atoms with Crippen molar-refractivity contribution >= 4 is 45.1 Å². The molecule has 1 aliphatic rings. The molecule has 0 atom stereocenters. The van der Waals surface area contributed by atoms with E-state index in [0.717, 1.165) is 61.1 Å². The first-order valence-corrected chi connectivity index (χ1v) is 11.0. The number of quaternary nitrogens is 1. The standard InChI is InChI=1S/C22H21ClFN3O3S/c1-29-18-5-2-14(10-15(18)13-27-6-8-30-9-7-27)12-25-26-22(28)21-20(23)17-4-3-16(24)11-19(17)31-21/h2-5,10-12H,6-9,13H2,1H3,(H,26,28)/p+1. The Morgan fingerprint density at radius 3 is 2.90 bits per heavy atom.